The summed E-state index contributed by atoms with van der Waals surface area (Å²) in [6.07, 6.45) is -0.699. The molecule has 0 fully saturated rings. The van der Waals surface area contributed by atoms with Crippen molar-refractivity contribution < 1.29 is 9.53 Å². The standard InChI is InChI=1S/C17H17N3O2/c1-11-15(19)7-4-8-16(11)20-17(21)12(2)22-14-6-3-5-13(9-14)10-18/h3-9,12H,19H2,1-2H3,(H,20,21). The van der Waals surface area contributed by atoms with Crippen molar-refractivity contribution in [3.63, 3.8) is 0 Å². The number of nitrogens with two attached hydrogens (primary N) is 1. The maximum atomic E-state index is 12.2. The van der Waals surface area contributed by atoms with E-state index in [1.165, 1.54) is 0 Å². The highest BCUT2D eigenvalue weighted by atomic mass is 16.5. The first-order valence-corrected chi connectivity index (χ1v) is 6.84. The summed E-state index contributed by atoms with van der Waals surface area (Å²) >= 11 is 0. The van der Waals surface area contributed by atoms with E-state index >= 15 is 0 Å². The minimum absolute atomic E-state index is 0.281. The first-order valence-electron chi connectivity index (χ1n) is 6.84. The Balaban J connectivity index is 2.06. The molecule has 5 heteroatoms. The van der Waals surface area contributed by atoms with Gasteiger partial charge in [0.25, 0.3) is 5.91 Å². The van der Waals surface area contributed by atoms with Gasteiger partial charge in [0.2, 0.25) is 0 Å². The number of nitrogens with one attached hydrogen (secondary N) is 1. The summed E-state index contributed by atoms with van der Waals surface area (Å²) in [4.78, 5) is 12.2. The van der Waals surface area contributed by atoms with E-state index in [0.29, 0.717) is 22.7 Å². The number of anilines is 2. The van der Waals surface area contributed by atoms with Crippen LogP contribution >= 0.6 is 0 Å². The normalized spacial score (nSPS) is 11.3. The van der Waals surface area contributed by atoms with E-state index in [4.69, 9.17) is 15.7 Å². The van der Waals surface area contributed by atoms with E-state index in [-0.39, 0.29) is 5.91 Å². The molecule has 5 nitrogen and oxygen atoms in total. The molecular formula is C17H17N3O2. The second kappa shape index (κ2) is 6.64. The van der Waals surface area contributed by atoms with E-state index in [1.54, 1.807) is 49.4 Å². The highest BCUT2D eigenvalue weighted by Crippen LogP contribution is 2.21. The van der Waals surface area contributed by atoms with Crippen molar-refractivity contribution in [3.8, 4) is 11.8 Å². The molecule has 1 unspecified atom stereocenters. The lowest BCUT2D eigenvalue weighted by Crippen LogP contribution is -2.30. The van der Waals surface area contributed by atoms with Gasteiger partial charge in [-0.25, -0.2) is 0 Å². The number of benzene rings is 2. The molecule has 22 heavy (non-hydrogen) atoms. The van der Waals surface area contributed by atoms with Crippen LogP contribution in [0.4, 0.5) is 11.4 Å². The fourth-order valence-electron chi connectivity index (χ4n) is 1.92. The van der Waals surface area contributed by atoms with Crippen molar-refractivity contribution in [2.45, 2.75) is 20.0 Å². The maximum absolute atomic E-state index is 12.2. The fourth-order valence-corrected chi connectivity index (χ4v) is 1.92. The molecule has 0 radical (unpaired) electrons. The van der Waals surface area contributed by atoms with Gasteiger partial charge in [0.05, 0.1) is 11.6 Å². The zero-order chi connectivity index (χ0) is 16.1. The van der Waals surface area contributed by atoms with Gasteiger partial charge in [-0.2, -0.15) is 5.26 Å². The second-order valence-electron chi connectivity index (χ2n) is 4.91. The first-order chi connectivity index (χ1) is 10.5. The van der Waals surface area contributed by atoms with E-state index in [2.05, 4.69) is 5.32 Å². The zero-order valence-corrected chi connectivity index (χ0v) is 12.5. The maximum Gasteiger partial charge on any atom is 0.265 e. The van der Waals surface area contributed by atoms with Gasteiger partial charge < -0.3 is 15.8 Å². The predicted molar refractivity (Wildman–Crippen MR) is 85.5 cm³/mol. The van der Waals surface area contributed by atoms with Crippen LogP contribution in [0.3, 0.4) is 0 Å². The molecule has 112 valence electrons. The molecule has 0 aromatic heterocycles. The van der Waals surface area contributed by atoms with Crippen LogP contribution in [0.5, 0.6) is 5.75 Å². The van der Waals surface area contributed by atoms with Gasteiger partial charge in [-0.05, 0) is 49.7 Å². The topological polar surface area (TPSA) is 88.1 Å². The van der Waals surface area contributed by atoms with Crippen molar-refractivity contribution in [3.05, 3.63) is 53.6 Å². The molecular weight excluding hydrogens is 278 g/mol. The second-order valence-corrected chi connectivity index (χ2v) is 4.91. The molecule has 0 bridgehead atoms. The third-order valence-corrected chi connectivity index (χ3v) is 3.28. The largest absolute Gasteiger partial charge is 0.481 e. The SMILES string of the molecule is Cc1c(N)cccc1NC(=O)C(C)Oc1cccc(C#N)c1. The lowest BCUT2D eigenvalue weighted by Gasteiger charge is -2.16. The Kier molecular flexibility index (Phi) is 4.64. The molecule has 0 aliphatic rings. The average molecular weight is 295 g/mol. The fraction of sp³-hybridized carbons (Fsp3) is 0.176. The van der Waals surface area contributed by atoms with Crippen LogP contribution in [0.15, 0.2) is 42.5 Å². The van der Waals surface area contributed by atoms with Crippen LogP contribution in [0, 0.1) is 18.3 Å². The first kappa shape index (κ1) is 15.4. The molecule has 1 amide bonds. The van der Waals surface area contributed by atoms with Gasteiger partial charge >= 0.3 is 0 Å². The van der Waals surface area contributed by atoms with Crippen molar-refractivity contribution in [2.75, 3.05) is 11.1 Å². The van der Waals surface area contributed by atoms with Gasteiger partial charge in [-0.15, -0.1) is 0 Å². The Morgan fingerprint density at radius 2 is 2.05 bits per heavy atom. The number of carbonyl (C=O) groups is 1. The van der Waals surface area contributed by atoms with Crippen LogP contribution in [0.25, 0.3) is 0 Å². The molecule has 0 saturated heterocycles. The number of hydrogen-bond acceptors (Lipinski definition) is 4. The number of carbonyl (C=O) groups excluding carboxylic acids is 1. The van der Waals surface area contributed by atoms with Crippen LogP contribution in [-0.2, 0) is 4.79 Å². The minimum atomic E-state index is -0.699. The highest BCUT2D eigenvalue weighted by molar-refractivity contribution is 5.95. The van der Waals surface area contributed by atoms with Gasteiger partial charge in [0, 0.05) is 11.4 Å². The lowest BCUT2D eigenvalue weighted by atomic mass is 10.1. The third-order valence-electron chi connectivity index (χ3n) is 3.28. The van der Waals surface area contributed by atoms with E-state index < -0.39 is 6.10 Å². The molecule has 2 rings (SSSR count). The van der Waals surface area contributed by atoms with Crippen molar-refractivity contribution in [2.24, 2.45) is 0 Å². The number of rotatable bonds is 4. The Hall–Kier alpha value is -3.00. The Bertz CT molecular complexity index is 735. The Morgan fingerprint density at radius 3 is 2.77 bits per heavy atom. The van der Waals surface area contributed by atoms with Crippen molar-refractivity contribution in [1.29, 1.82) is 5.26 Å². The quantitative estimate of drug-likeness (QED) is 0.849. The molecule has 0 aliphatic carbocycles. The number of ether oxygens (including phenoxy) is 1. The molecule has 2 aromatic carbocycles. The molecule has 0 heterocycles. The molecule has 2 aromatic rings. The molecule has 3 N–H and O–H groups in total. The van der Waals surface area contributed by atoms with Gasteiger partial charge in [-0.1, -0.05) is 12.1 Å². The summed E-state index contributed by atoms with van der Waals surface area (Å²) in [5, 5.41) is 11.7. The monoisotopic (exact) mass is 295 g/mol. The summed E-state index contributed by atoms with van der Waals surface area (Å²) < 4.78 is 5.57. The third kappa shape index (κ3) is 3.55. The molecule has 1 atom stereocenters. The summed E-state index contributed by atoms with van der Waals surface area (Å²) in [5.41, 5.74) is 8.39. The van der Waals surface area contributed by atoms with Crippen molar-refractivity contribution in [1.82, 2.24) is 0 Å². The average Bonchev–Trinajstić information content (AvgIpc) is 2.52. The number of nitrogen functional groups attached to an aromatic ring is 1. The molecule has 0 aliphatic heterocycles. The van der Waals surface area contributed by atoms with Gasteiger partial charge in [0.15, 0.2) is 6.10 Å². The smallest absolute Gasteiger partial charge is 0.265 e. The molecule has 0 saturated carbocycles. The van der Waals surface area contributed by atoms with Crippen molar-refractivity contribution >= 4 is 17.3 Å². The number of nitriles is 1. The molecule has 0 spiro atoms. The highest BCUT2D eigenvalue weighted by Gasteiger charge is 2.16. The summed E-state index contributed by atoms with van der Waals surface area (Å²) in [7, 11) is 0. The zero-order valence-electron chi connectivity index (χ0n) is 12.5. The Labute approximate surface area is 129 Å². The van der Waals surface area contributed by atoms with Crippen LogP contribution < -0.4 is 15.8 Å². The summed E-state index contributed by atoms with van der Waals surface area (Å²) in [6.45, 7) is 3.49. The predicted octanol–water partition coefficient (Wildman–Crippen LogP) is 2.85. The van der Waals surface area contributed by atoms with Crippen LogP contribution in [0.1, 0.15) is 18.1 Å². The minimum Gasteiger partial charge on any atom is -0.481 e. The Morgan fingerprint density at radius 1 is 1.32 bits per heavy atom. The number of nitrogens with zero attached hydrogens (tertiary/aromatic N) is 1. The summed E-state index contributed by atoms with van der Waals surface area (Å²) in [6, 6.07) is 14.0. The van der Waals surface area contributed by atoms with E-state index in [9.17, 15) is 4.79 Å². The van der Waals surface area contributed by atoms with E-state index in [0.717, 1.165) is 5.56 Å². The van der Waals surface area contributed by atoms with E-state index in [1.807, 2.05) is 13.0 Å². The van der Waals surface area contributed by atoms with Crippen LogP contribution in [0.2, 0.25) is 0 Å². The lowest BCUT2D eigenvalue weighted by molar-refractivity contribution is -0.122. The number of hydrogen-bond donors (Lipinski definition) is 2. The van der Waals surface area contributed by atoms with Crippen LogP contribution in [-0.4, -0.2) is 12.0 Å². The van der Waals surface area contributed by atoms with Gasteiger partial charge in [-0.3, -0.25) is 4.79 Å². The number of amides is 1. The van der Waals surface area contributed by atoms with Gasteiger partial charge in [0.1, 0.15) is 5.75 Å². The summed E-state index contributed by atoms with van der Waals surface area (Å²) in [5.74, 6) is 0.196.